The van der Waals surface area contributed by atoms with Crippen molar-refractivity contribution in [2.45, 2.75) is 66.2 Å². The molecule has 0 amide bonds. The number of benzene rings is 14. The van der Waals surface area contributed by atoms with Crippen molar-refractivity contribution in [3.8, 4) is 44.5 Å². The van der Waals surface area contributed by atoms with E-state index in [-0.39, 0.29) is 50.5 Å². The molecule has 0 bridgehead atoms. The summed E-state index contributed by atoms with van der Waals surface area (Å²) < 4.78 is 0. The fourth-order valence-electron chi connectivity index (χ4n) is 14.7. The van der Waals surface area contributed by atoms with Gasteiger partial charge in [0, 0.05) is 0 Å². The van der Waals surface area contributed by atoms with Crippen LogP contribution in [-0.4, -0.2) is 6.88 Å². The van der Waals surface area contributed by atoms with E-state index in [0.29, 0.717) is 0 Å². The van der Waals surface area contributed by atoms with Crippen molar-refractivity contribution in [2.75, 3.05) is 0 Å². The maximum absolute atomic E-state index is 3.06. The van der Waals surface area contributed by atoms with Gasteiger partial charge in [0.1, 0.15) is 0 Å². The molecule has 0 nitrogen and oxygen atoms in total. The topological polar surface area (TPSA) is 0 Å². The summed E-state index contributed by atoms with van der Waals surface area (Å²) in [5, 5.41) is 26.1. The molecule has 2 radical (unpaired) electrons. The Hall–Kier alpha value is -7.94. The molecule has 0 fully saturated rings. The summed E-state index contributed by atoms with van der Waals surface area (Å²) in [4.78, 5) is 0. The molecule has 0 unspecified atom stereocenters. The normalized spacial score (nSPS) is 11.5. The first-order valence-corrected chi connectivity index (χ1v) is 34.3. The Morgan fingerprint density at radius 1 is 0.278 bits per heavy atom. The second-order valence-electron chi connectivity index (χ2n) is 25.5. The van der Waals surface area contributed by atoms with E-state index in [0.717, 1.165) is 0 Å². The first kappa shape index (κ1) is 65.0. The van der Waals surface area contributed by atoms with Gasteiger partial charge in [0.15, 0.2) is 0 Å². The van der Waals surface area contributed by atoms with Gasteiger partial charge >= 0.3 is 30.2 Å². The fourth-order valence-corrected chi connectivity index (χ4v) is 14.7. The summed E-state index contributed by atoms with van der Waals surface area (Å²) >= 11 is 1.36. The first-order valence-electron chi connectivity index (χ1n) is 30.2. The van der Waals surface area contributed by atoms with Crippen LogP contribution in [0, 0.1) is 28.7 Å². The molecule has 0 saturated heterocycles. The van der Waals surface area contributed by atoms with Crippen molar-refractivity contribution < 1.29 is 23.3 Å². The molecular formula is C86H74Cl2SiZr-4. The Bertz CT molecular complexity index is 4840. The second kappa shape index (κ2) is 25.7. The maximum atomic E-state index is 3.06. The fraction of sp³-hybridized carbons (Fsp3) is 0.116. The number of aryl methyl sites for hydroxylation is 2. The molecule has 444 valence electrons. The molecule has 16 aromatic rings. The zero-order chi connectivity index (χ0) is 59.2. The first-order chi connectivity index (χ1) is 41.8. The molecule has 16 aromatic carbocycles. The van der Waals surface area contributed by atoms with Crippen LogP contribution < -0.4 is 0 Å². The number of fused-ring (bicyclic) bond motifs is 10. The molecule has 0 aliphatic carbocycles. The Kier molecular flexibility index (Phi) is 18.6. The van der Waals surface area contributed by atoms with Crippen LogP contribution in [-0.2, 0) is 34.2 Å². The molecule has 0 aromatic heterocycles. The minimum atomic E-state index is 0. The standard InChI is InChI=1S/2C42H33.2CH3.2ClH.Si.Zr/c2*1-26-38(42(2,3)4)25-37-35(40-31-17-9-5-13-27(31)23-28-14-6-10-18-32(28)40)21-22-36(39(26)37)41-33-19-11-7-15-29(33)24-30-16-8-12-20-34(30)41;;;;;;/h2*5-25H,1-4H3;2*1H3;2*1H;;/q4*-1;;;;. The minimum absolute atomic E-state index is 0. The van der Waals surface area contributed by atoms with E-state index in [4.69, 9.17) is 0 Å². The van der Waals surface area contributed by atoms with Crippen LogP contribution >= 0.6 is 24.8 Å². The van der Waals surface area contributed by atoms with Crippen LogP contribution in [0.1, 0.15) is 63.8 Å². The van der Waals surface area contributed by atoms with E-state index in [1.165, 1.54) is 198 Å². The number of halogens is 2. The van der Waals surface area contributed by atoms with E-state index < -0.39 is 0 Å². The van der Waals surface area contributed by atoms with E-state index in [1.807, 2.05) is 0 Å². The van der Waals surface area contributed by atoms with Crippen LogP contribution in [0.15, 0.2) is 255 Å². The zero-order valence-corrected chi connectivity index (χ0v) is 58.2. The summed E-state index contributed by atoms with van der Waals surface area (Å²) in [5.74, 6) is 0. The van der Waals surface area contributed by atoms with E-state index in [9.17, 15) is 0 Å². The van der Waals surface area contributed by atoms with Crippen LogP contribution in [0.4, 0.5) is 0 Å². The zero-order valence-electron chi connectivity index (χ0n) is 53.1. The van der Waals surface area contributed by atoms with Crippen LogP contribution in [0.5, 0.6) is 0 Å². The molecule has 0 saturated carbocycles. The molecule has 0 N–H and O–H groups in total. The quantitative estimate of drug-likeness (QED) is 0.0936. The van der Waals surface area contributed by atoms with E-state index >= 15 is 0 Å². The van der Waals surface area contributed by atoms with Gasteiger partial charge in [-0.1, -0.05) is 296 Å². The van der Waals surface area contributed by atoms with Crippen molar-refractivity contribution in [2.24, 2.45) is 0 Å². The van der Waals surface area contributed by atoms with Crippen LogP contribution in [0.3, 0.4) is 0 Å². The van der Waals surface area contributed by atoms with Gasteiger partial charge in [0.05, 0.1) is 0 Å². The van der Waals surface area contributed by atoms with Crippen molar-refractivity contribution >= 4 is 139 Å². The van der Waals surface area contributed by atoms with E-state index in [2.05, 4.69) is 317 Å². The van der Waals surface area contributed by atoms with Gasteiger partial charge in [-0.3, -0.25) is 0 Å². The second-order valence-corrected chi connectivity index (χ2v) is 25.5. The summed E-state index contributed by atoms with van der Waals surface area (Å²) in [6, 6.07) is 94.8. The molecule has 4 heteroatoms. The van der Waals surface area contributed by atoms with Gasteiger partial charge in [-0.05, 0) is 144 Å². The third kappa shape index (κ3) is 10.9. The Morgan fingerprint density at radius 3 is 0.656 bits per heavy atom. The molecule has 90 heavy (non-hydrogen) atoms. The Balaban J connectivity index is 0.000000185. The van der Waals surface area contributed by atoms with Gasteiger partial charge in [-0.2, -0.15) is 11.1 Å². The molecular weight excluding hydrogens is 1220 g/mol. The number of rotatable bonds is 4. The Morgan fingerprint density at radius 2 is 0.456 bits per heavy atom. The molecule has 0 aliphatic rings. The van der Waals surface area contributed by atoms with Crippen molar-refractivity contribution in [3.63, 3.8) is 0 Å². The summed E-state index contributed by atoms with van der Waals surface area (Å²) in [6.07, 6.45) is 0. The van der Waals surface area contributed by atoms with Gasteiger partial charge in [0.25, 0.3) is 0 Å². The Labute approximate surface area is 560 Å². The predicted molar refractivity (Wildman–Crippen MR) is 401 cm³/mol. The molecule has 0 atom stereocenters. The number of hydrogen-bond donors (Lipinski definition) is 0. The van der Waals surface area contributed by atoms with E-state index in [1.54, 1.807) is 0 Å². The third-order valence-corrected chi connectivity index (χ3v) is 18.4. The molecule has 16 rings (SSSR count). The van der Waals surface area contributed by atoms with Gasteiger partial charge in [0.2, 0.25) is 0 Å². The van der Waals surface area contributed by atoms with Crippen LogP contribution in [0.25, 0.3) is 152 Å². The molecule has 0 heterocycles. The third-order valence-electron chi connectivity index (χ3n) is 18.4. The van der Waals surface area contributed by atoms with Crippen LogP contribution in [0.2, 0.25) is 0 Å². The molecule has 0 aliphatic heterocycles. The van der Waals surface area contributed by atoms with Gasteiger partial charge in [-0.15, -0.1) is 69.6 Å². The summed E-state index contributed by atoms with van der Waals surface area (Å²) in [5.41, 5.74) is 16.2. The van der Waals surface area contributed by atoms with Gasteiger partial charge in [-0.25, -0.2) is 0 Å². The van der Waals surface area contributed by atoms with Crippen molar-refractivity contribution in [1.29, 1.82) is 0 Å². The SMILES string of the molecule is Cc1c(C(C)(C)C)[cH-]c2c(-c3c4ccccc4cc4ccccc34)ccc(-c3c4ccccc4cc4ccccc34)c12.Cc1c(C(C)(C)C)[cH-]c2c(-c3c4ccccc4cc4ccccc34)ccc(-c3c4ccccc4cc4ccccc34)c12.Cl.Cl.[CH3-].[CH3-].[Si]=[Zr]. The van der Waals surface area contributed by atoms with Crippen molar-refractivity contribution in [1.82, 2.24) is 0 Å². The monoisotopic (exact) mass is 1290 g/mol. The average Bonchev–Trinajstić information content (AvgIpc) is 1.44. The molecule has 0 spiro atoms. The number of hydrogen-bond acceptors (Lipinski definition) is 0. The van der Waals surface area contributed by atoms with Crippen molar-refractivity contribution in [3.05, 3.63) is 292 Å². The predicted octanol–water partition coefficient (Wildman–Crippen LogP) is 25.6. The summed E-state index contributed by atoms with van der Waals surface area (Å²) in [6.45, 7) is 21.8. The summed E-state index contributed by atoms with van der Waals surface area (Å²) in [7, 11) is 0. The average molecular weight is 1300 g/mol. The van der Waals surface area contributed by atoms with Gasteiger partial charge < -0.3 is 14.9 Å².